The van der Waals surface area contributed by atoms with Crippen molar-refractivity contribution in [1.82, 2.24) is 4.72 Å². The minimum Gasteiger partial charge on any atom is -0.286 e. The van der Waals surface area contributed by atoms with Crippen LogP contribution in [-0.4, -0.2) is 8.42 Å². The molecule has 180 valence electrons. The van der Waals surface area contributed by atoms with Crippen molar-refractivity contribution in [3.8, 4) is 11.1 Å². The van der Waals surface area contributed by atoms with E-state index in [1.54, 1.807) is 18.3 Å². The molecule has 0 unspecified atom stereocenters. The lowest BCUT2D eigenvalue weighted by Crippen LogP contribution is -2.18. The molecule has 2 aromatic rings. The van der Waals surface area contributed by atoms with Crippen molar-refractivity contribution < 1.29 is 8.42 Å². The van der Waals surface area contributed by atoms with Crippen LogP contribution in [0.1, 0.15) is 58.7 Å². The zero-order valence-corrected chi connectivity index (χ0v) is 22.1. The third-order valence-electron chi connectivity index (χ3n) is 6.56. The Hall–Kier alpha value is -3.37. The Balaban J connectivity index is 1.89. The highest BCUT2D eigenvalue weighted by Gasteiger charge is 2.21. The van der Waals surface area contributed by atoms with Gasteiger partial charge in [0, 0.05) is 11.8 Å². The van der Waals surface area contributed by atoms with E-state index >= 15 is 0 Å². The van der Waals surface area contributed by atoms with Gasteiger partial charge in [-0.05, 0) is 84.7 Å². The molecule has 4 rings (SSSR count). The minimum absolute atomic E-state index is 0.246. The van der Waals surface area contributed by atoms with E-state index in [0.717, 1.165) is 39.0 Å². The normalized spacial score (nSPS) is 12.4. The van der Waals surface area contributed by atoms with E-state index in [4.69, 9.17) is 0 Å². The number of hydrogen-bond acceptors (Lipinski definition) is 2. The van der Waals surface area contributed by atoms with Crippen molar-refractivity contribution in [2.75, 3.05) is 0 Å². The number of fused-ring (bicyclic) bond motifs is 1. The van der Waals surface area contributed by atoms with Crippen molar-refractivity contribution in [1.29, 1.82) is 0 Å². The summed E-state index contributed by atoms with van der Waals surface area (Å²) in [6.07, 6.45) is 1.64. The molecule has 0 amide bonds. The highest BCUT2D eigenvalue weighted by Crippen LogP contribution is 2.41. The first-order valence-electron chi connectivity index (χ1n) is 12.0. The molecule has 0 aliphatic heterocycles. The molecule has 0 heterocycles. The van der Waals surface area contributed by atoms with Crippen LogP contribution in [0.3, 0.4) is 0 Å². The lowest BCUT2D eigenvalue weighted by molar-refractivity contribution is 0.590. The molecule has 0 aromatic heterocycles. The van der Waals surface area contributed by atoms with Gasteiger partial charge in [-0.25, -0.2) is 8.42 Å². The highest BCUT2D eigenvalue weighted by atomic mass is 32.2. The monoisotopic (exact) mass is 483 g/mol. The Morgan fingerprint density at radius 3 is 1.97 bits per heavy atom. The maximum absolute atomic E-state index is 13.1. The van der Waals surface area contributed by atoms with Crippen LogP contribution in [0.2, 0.25) is 0 Å². The summed E-state index contributed by atoms with van der Waals surface area (Å²) < 4.78 is 29.0. The predicted molar refractivity (Wildman–Crippen MR) is 146 cm³/mol. The first kappa shape index (κ1) is 24.7. The van der Waals surface area contributed by atoms with Crippen LogP contribution in [0.25, 0.3) is 16.7 Å². The van der Waals surface area contributed by atoms with Gasteiger partial charge in [0.1, 0.15) is 0 Å². The number of rotatable bonds is 6. The average Bonchev–Trinajstić information content (AvgIpc) is 3.01. The summed E-state index contributed by atoms with van der Waals surface area (Å²) in [4.78, 5) is 0.246. The quantitative estimate of drug-likeness (QED) is 0.308. The fraction of sp³-hybridized carbons (Fsp3) is 0.226. The van der Waals surface area contributed by atoms with Gasteiger partial charge in [0.25, 0.3) is 10.0 Å². The molecule has 0 saturated carbocycles. The zero-order chi connectivity index (χ0) is 25.3. The molecular weight excluding hydrogens is 450 g/mol. The molecule has 4 heteroatoms. The van der Waals surface area contributed by atoms with E-state index in [1.807, 2.05) is 38.1 Å². The van der Waals surface area contributed by atoms with E-state index in [1.165, 1.54) is 16.7 Å². The van der Waals surface area contributed by atoms with Crippen molar-refractivity contribution in [2.45, 2.75) is 52.4 Å². The molecule has 35 heavy (non-hydrogen) atoms. The van der Waals surface area contributed by atoms with Crippen molar-refractivity contribution in [3.05, 3.63) is 118 Å². The fourth-order valence-corrected chi connectivity index (χ4v) is 5.29. The maximum atomic E-state index is 13.1. The van der Waals surface area contributed by atoms with Gasteiger partial charge in [0.2, 0.25) is 0 Å². The van der Waals surface area contributed by atoms with Gasteiger partial charge >= 0.3 is 0 Å². The first-order valence-corrected chi connectivity index (χ1v) is 13.5. The van der Waals surface area contributed by atoms with Gasteiger partial charge in [-0.2, -0.15) is 0 Å². The van der Waals surface area contributed by atoms with Crippen LogP contribution in [0, 0.1) is 27.7 Å². The molecule has 0 fully saturated rings. The van der Waals surface area contributed by atoms with Gasteiger partial charge in [0.15, 0.2) is 0 Å². The number of nitrogens with one attached hydrogen (secondary N) is 1. The molecule has 2 aliphatic carbocycles. The zero-order valence-electron chi connectivity index (χ0n) is 21.3. The van der Waals surface area contributed by atoms with Crippen LogP contribution >= 0.6 is 0 Å². The molecule has 3 nitrogen and oxygen atoms in total. The van der Waals surface area contributed by atoms with E-state index in [2.05, 4.69) is 68.8 Å². The first-order chi connectivity index (χ1) is 16.6. The van der Waals surface area contributed by atoms with E-state index < -0.39 is 10.0 Å². The molecule has 2 aromatic carbocycles. The summed E-state index contributed by atoms with van der Waals surface area (Å²) in [6.45, 7) is 12.6. The Kier molecular flexibility index (Phi) is 6.86. The Morgan fingerprint density at radius 2 is 1.37 bits per heavy atom. The van der Waals surface area contributed by atoms with Gasteiger partial charge in [-0.15, -0.1) is 0 Å². The van der Waals surface area contributed by atoms with Gasteiger partial charge in [-0.3, -0.25) is 4.72 Å². The summed E-state index contributed by atoms with van der Waals surface area (Å²) >= 11 is 0. The lowest BCUT2D eigenvalue weighted by Gasteiger charge is -2.13. The molecular formula is C31H33NO2S. The van der Waals surface area contributed by atoms with Crippen LogP contribution in [0.5, 0.6) is 0 Å². The summed E-state index contributed by atoms with van der Waals surface area (Å²) in [5, 5.41) is 0. The number of aryl methyl sites for hydroxylation is 4. The van der Waals surface area contributed by atoms with Crippen molar-refractivity contribution in [2.24, 2.45) is 0 Å². The standard InChI is InChI=1S/C31H33NO2S/c1-20(2)26-14-11-23(5)31-28(18-26)24(6)17-29(31)30(25-12-7-21(3)8-13-25)19-32-35(33,34)27-15-9-22(4)10-16-27/h7-20,32H,1-6H3/b30-19-. The predicted octanol–water partition coefficient (Wildman–Crippen LogP) is 7.52. The fourth-order valence-electron chi connectivity index (χ4n) is 4.38. The third kappa shape index (κ3) is 5.18. The topological polar surface area (TPSA) is 46.2 Å². The molecule has 1 N–H and O–H groups in total. The van der Waals surface area contributed by atoms with Crippen molar-refractivity contribution >= 4 is 15.6 Å². The Bertz CT molecular complexity index is 1460. The Labute approximate surface area is 209 Å². The summed E-state index contributed by atoms with van der Waals surface area (Å²) in [6, 6.07) is 23.9. The number of hydrogen-bond donors (Lipinski definition) is 1. The SMILES string of the molecule is Cc1ccc(/C(=C/NS(=O)(=O)c2ccc(C)cc2)c2cc(C)c3cc(C(C)C)ccc(C)c2-3)cc1. The molecule has 0 bridgehead atoms. The third-order valence-corrected chi connectivity index (χ3v) is 7.89. The summed E-state index contributed by atoms with van der Waals surface area (Å²) in [5.74, 6) is 0.413. The second-order valence-corrected chi connectivity index (χ2v) is 11.4. The van der Waals surface area contributed by atoms with E-state index in [-0.39, 0.29) is 4.90 Å². The highest BCUT2D eigenvalue weighted by molar-refractivity contribution is 7.89. The van der Waals surface area contributed by atoms with Gasteiger partial charge in [0.05, 0.1) is 4.90 Å². The summed E-state index contributed by atoms with van der Waals surface area (Å²) in [7, 11) is -3.71. The molecule has 0 radical (unpaired) electrons. The minimum atomic E-state index is -3.71. The lowest BCUT2D eigenvalue weighted by atomic mass is 9.94. The van der Waals surface area contributed by atoms with Gasteiger partial charge in [-0.1, -0.05) is 85.6 Å². The maximum Gasteiger partial charge on any atom is 0.261 e. The van der Waals surface area contributed by atoms with Crippen LogP contribution in [-0.2, 0) is 10.0 Å². The Morgan fingerprint density at radius 1 is 0.771 bits per heavy atom. The molecule has 0 atom stereocenters. The number of benzene rings is 2. The van der Waals surface area contributed by atoms with E-state index in [9.17, 15) is 8.42 Å². The van der Waals surface area contributed by atoms with Crippen LogP contribution in [0.4, 0.5) is 0 Å². The number of sulfonamides is 1. The molecule has 0 spiro atoms. The van der Waals surface area contributed by atoms with E-state index in [0.29, 0.717) is 5.92 Å². The molecule has 2 aliphatic rings. The average molecular weight is 484 g/mol. The summed E-state index contributed by atoms with van der Waals surface area (Å²) in [5.41, 5.74) is 11.0. The second-order valence-electron chi connectivity index (χ2n) is 9.70. The van der Waals surface area contributed by atoms with Crippen molar-refractivity contribution in [3.63, 3.8) is 0 Å². The largest absolute Gasteiger partial charge is 0.286 e. The van der Waals surface area contributed by atoms with Crippen LogP contribution < -0.4 is 4.72 Å². The smallest absolute Gasteiger partial charge is 0.261 e. The molecule has 0 saturated heterocycles. The second kappa shape index (κ2) is 9.71. The van der Waals surface area contributed by atoms with Crippen LogP contribution in [0.15, 0.2) is 83.9 Å². The van der Waals surface area contributed by atoms with Gasteiger partial charge < -0.3 is 0 Å².